The van der Waals surface area contributed by atoms with Crippen molar-refractivity contribution in [1.82, 2.24) is 20.2 Å². The second kappa shape index (κ2) is 9.12. The molecule has 6 nitrogen and oxygen atoms in total. The summed E-state index contributed by atoms with van der Waals surface area (Å²) < 4.78 is 0. The van der Waals surface area contributed by atoms with E-state index in [0.29, 0.717) is 5.69 Å². The van der Waals surface area contributed by atoms with E-state index in [1.165, 1.54) is 11.1 Å². The number of nitrogens with one attached hydrogen (secondary N) is 3. The van der Waals surface area contributed by atoms with Crippen LogP contribution in [0.3, 0.4) is 0 Å². The lowest BCUT2D eigenvalue weighted by Gasteiger charge is -2.05. The van der Waals surface area contributed by atoms with Gasteiger partial charge in [0.15, 0.2) is 0 Å². The summed E-state index contributed by atoms with van der Waals surface area (Å²) in [6.07, 6.45) is 2.69. The number of fused-ring (bicyclic) bond motifs is 1. The Balaban J connectivity index is 1.19. The van der Waals surface area contributed by atoms with Crippen molar-refractivity contribution in [3.63, 3.8) is 0 Å². The minimum Gasteiger partial charge on any atom is -0.342 e. The molecule has 3 aromatic carbocycles. The SMILES string of the molecule is CCc1ccc(-c2cc(C(=O)Nc3ccc(CCc4nc5ccccc5[nH]4)cc3)[nH]n2)cc1. The first-order chi connectivity index (χ1) is 16.2. The van der Waals surface area contributed by atoms with Crippen molar-refractivity contribution in [2.75, 3.05) is 5.32 Å². The van der Waals surface area contributed by atoms with E-state index in [-0.39, 0.29) is 5.91 Å². The van der Waals surface area contributed by atoms with Crippen LogP contribution in [0.2, 0.25) is 0 Å². The van der Waals surface area contributed by atoms with Crippen molar-refractivity contribution in [2.45, 2.75) is 26.2 Å². The normalized spacial score (nSPS) is 11.1. The third kappa shape index (κ3) is 4.70. The maximum absolute atomic E-state index is 12.6. The molecule has 2 aromatic heterocycles. The number of imidazole rings is 1. The monoisotopic (exact) mass is 435 g/mol. The smallest absolute Gasteiger partial charge is 0.273 e. The highest BCUT2D eigenvalue weighted by Crippen LogP contribution is 2.20. The van der Waals surface area contributed by atoms with Gasteiger partial charge >= 0.3 is 0 Å². The largest absolute Gasteiger partial charge is 0.342 e. The first-order valence-electron chi connectivity index (χ1n) is 11.2. The highest BCUT2D eigenvalue weighted by atomic mass is 16.1. The number of nitrogens with zero attached hydrogens (tertiary/aromatic N) is 2. The summed E-state index contributed by atoms with van der Waals surface area (Å²) in [4.78, 5) is 20.6. The Hall–Kier alpha value is -4.19. The molecule has 5 rings (SSSR count). The van der Waals surface area contributed by atoms with Crippen molar-refractivity contribution < 1.29 is 4.79 Å². The van der Waals surface area contributed by atoms with Gasteiger partial charge in [-0.15, -0.1) is 0 Å². The topological polar surface area (TPSA) is 86.5 Å². The molecule has 33 heavy (non-hydrogen) atoms. The molecule has 164 valence electrons. The Kier molecular flexibility index (Phi) is 5.72. The summed E-state index contributed by atoms with van der Waals surface area (Å²) in [5.74, 6) is 0.766. The van der Waals surface area contributed by atoms with Crippen molar-refractivity contribution in [2.24, 2.45) is 0 Å². The predicted octanol–water partition coefficient (Wildman–Crippen LogP) is 5.55. The van der Waals surface area contributed by atoms with Gasteiger partial charge < -0.3 is 10.3 Å². The predicted molar refractivity (Wildman–Crippen MR) is 131 cm³/mol. The van der Waals surface area contributed by atoms with E-state index in [1.54, 1.807) is 6.07 Å². The van der Waals surface area contributed by atoms with Gasteiger partial charge in [0.25, 0.3) is 5.91 Å². The highest BCUT2D eigenvalue weighted by molar-refractivity contribution is 6.03. The molecule has 0 bridgehead atoms. The standard InChI is InChI=1S/C27H25N5O/c1-2-18-7-12-20(13-8-18)24-17-25(32-31-24)27(33)28-21-14-9-19(10-15-21)11-16-26-29-22-5-3-4-6-23(22)30-26/h3-10,12-15,17H,2,11,16H2,1H3,(H,28,33)(H,29,30)(H,31,32). The second-order valence-electron chi connectivity index (χ2n) is 8.07. The molecule has 5 aromatic rings. The van der Waals surface area contributed by atoms with Gasteiger partial charge in [-0.3, -0.25) is 9.89 Å². The van der Waals surface area contributed by atoms with Crippen LogP contribution in [0.1, 0.15) is 34.4 Å². The van der Waals surface area contributed by atoms with Crippen molar-refractivity contribution >= 4 is 22.6 Å². The first-order valence-corrected chi connectivity index (χ1v) is 11.2. The van der Waals surface area contributed by atoms with Gasteiger partial charge in [-0.2, -0.15) is 5.10 Å². The van der Waals surface area contributed by atoms with E-state index in [9.17, 15) is 4.79 Å². The van der Waals surface area contributed by atoms with Crippen LogP contribution >= 0.6 is 0 Å². The third-order valence-electron chi connectivity index (χ3n) is 5.78. The number of aryl methyl sites for hydroxylation is 3. The van der Waals surface area contributed by atoms with Gasteiger partial charge in [0, 0.05) is 17.7 Å². The van der Waals surface area contributed by atoms with Crippen LogP contribution in [0, 0.1) is 0 Å². The number of rotatable bonds is 7. The molecule has 0 atom stereocenters. The van der Waals surface area contributed by atoms with Crippen molar-refractivity contribution in [3.05, 3.63) is 102 Å². The van der Waals surface area contributed by atoms with Crippen LogP contribution in [0.5, 0.6) is 0 Å². The molecule has 2 heterocycles. The number of aromatic nitrogens is 4. The fraction of sp³-hybridized carbons (Fsp3) is 0.148. The number of carbonyl (C=O) groups is 1. The van der Waals surface area contributed by atoms with Gasteiger partial charge in [-0.1, -0.05) is 55.5 Å². The van der Waals surface area contributed by atoms with E-state index in [2.05, 4.69) is 44.5 Å². The molecular weight excluding hydrogens is 410 g/mol. The zero-order valence-corrected chi connectivity index (χ0v) is 18.4. The van der Waals surface area contributed by atoms with E-state index in [4.69, 9.17) is 0 Å². The van der Waals surface area contributed by atoms with Crippen LogP contribution in [0.4, 0.5) is 5.69 Å². The molecule has 6 heteroatoms. The van der Waals surface area contributed by atoms with Gasteiger partial charge in [0.05, 0.1) is 16.7 Å². The number of anilines is 1. The third-order valence-corrected chi connectivity index (χ3v) is 5.78. The molecule has 0 fully saturated rings. The molecule has 3 N–H and O–H groups in total. The number of para-hydroxylation sites is 2. The fourth-order valence-corrected chi connectivity index (χ4v) is 3.84. The molecule has 1 amide bonds. The first kappa shape index (κ1) is 20.7. The highest BCUT2D eigenvalue weighted by Gasteiger charge is 2.12. The maximum atomic E-state index is 12.6. The Morgan fingerprint density at radius 2 is 1.67 bits per heavy atom. The maximum Gasteiger partial charge on any atom is 0.273 e. The average Bonchev–Trinajstić information content (AvgIpc) is 3.51. The molecule has 0 unspecified atom stereocenters. The lowest BCUT2D eigenvalue weighted by molar-refractivity contribution is 0.102. The molecule has 0 radical (unpaired) electrons. The van der Waals surface area contributed by atoms with Crippen LogP contribution in [-0.4, -0.2) is 26.1 Å². The Bertz CT molecular complexity index is 1350. The number of H-pyrrole nitrogens is 2. The summed E-state index contributed by atoms with van der Waals surface area (Å²) >= 11 is 0. The quantitative estimate of drug-likeness (QED) is 0.313. The second-order valence-corrected chi connectivity index (χ2v) is 8.07. The number of amides is 1. The van der Waals surface area contributed by atoms with Crippen LogP contribution in [0.15, 0.2) is 78.9 Å². The molecular formula is C27H25N5O. The summed E-state index contributed by atoms with van der Waals surface area (Å²) in [6.45, 7) is 2.12. The van der Waals surface area contributed by atoms with E-state index < -0.39 is 0 Å². The summed E-state index contributed by atoms with van der Waals surface area (Å²) in [6, 6.07) is 26.0. The summed E-state index contributed by atoms with van der Waals surface area (Å²) in [5, 5.41) is 10.1. The van der Waals surface area contributed by atoms with Crippen molar-refractivity contribution in [3.8, 4) is 11.3 Å². The van der Waals surface area contributed by atoms with E-state index in [0.717, 1.165) is 53.1 Å². The Labute approximate surface area is 192 Å². The average molecular weight is 436 g/mol. The van der Waals surface area contributed by atoms with Gasteiger partial charge in [-0.25, -0.2) is 4.98 Å². The van der Waals surface area contributed by atoms with Gasteiger partial charge in [0.2, 0.25) is 0 Å². The fourth-order valence-electron chi connectivity index (χ4n) is 3.84. The van der Waals surface area contributed by atoms with Crippen LogP contribution in [-0.2, 0) is 19.3 Å². The van der Waals surface area contributed by atoms with Gasteiger partial charge in [-0.05, 0) is 54.3 Å². The molecule has 0 aliphatic rings. The minimum absolute atomic E-state index is 0.214. The molecule has 0 aliphatic carbocycles. The zero-order chi connectivity index (χ0) is 22.6. The number of benzene rings is 3. The van der Waals surface area contributed by atoms with Crippen LogP contribution < -0.4 is 5.32 Å². The number of hydrogen-bond acceptors (Lipinski definition) is 3. The van der Waals surface area contributed by atoms with E-state index in [1.807, 2.05) is 60.7 Å². The van der Waals surface area contributed by atoms with E-state index >= 15 is 0 Å². The minimum atomic E-state index is -0.214. The molecule has 0 saturated heterocycles. The summed E-state index contributed by atoms with van der Waals surface area (Å²) in [5.41, 5.74) is 7.42. The molecule has 0 saturated carbocycles. The Morgan fingerprint density at radius 3 is 2.42 bits per heavy atom. The van der Waals surface area contributed by atoms with Gasteiger partial charge in [0.1, 0.15) is 11.5 Å². The Morgan fingerprint density at radius 1 is 0.909 bits per heavy atom. The number of hydrogen-bond donors (Lipinski definition) is 3. The van der Waals surface area contributed by atoms with Crippen LogP contribution in [0.25, 0.3) is 22.3 Å². The number of carbonyl (C=O) groups excluding carboxylic acids is 1. The molecule has 0 spiro atoms. The number of aromatic amines is 2. The lowest BCUT2D eigenvalue weighted by Crippen LogP contribution is -2.12. The lowest BCUT2D eigenvalue weighted by atomic mass is 10.1. The van der Waals surface area contributed by atoms with Crippen molar-refractivity contribution in [1.29, 1.82) is 0 Å². The molecule has 0 aliphatic heterocycles. The zero-order valence-electron chi connectivity index (χ0n) is 18.4. The summed E-state index contributed by atoms with van der Waals surface area (Å²) in [7, 11) is 0.